The molecule has 2 aliphatic rings. The molecule has 1 aromatic heterocycles. The van der Waals surface area contributed by atoms with Crippen LogP contribution in [0.2, 0.25) is 0 Å². The molecule has 1 amide bonds. The first-order valence-electron chi connectivity index (χ1n) is 10.4. The molecule has 2 aliphatic heterocycles. The molecule has 1 saturated heterocycles. The molecule has 2 aromatic rings. The van der Waals surface area contributed by atoms with Gasteiger partial charge in [-0.25, -0.2) is 4.39 Å². The first kappa shape index (κ1) is 20.0. The Morgan fingerprint density at radius 1 is 1.28 bits per heavy atom. The van der Waals surface area contributed by atoms with Gasteiger partial charge in [-0.05, 0) is 37.5 Å². The van der Waals surface area contributed by atoms with E-state index < -0.39 is 0 Å². The van der Waals surface area contributed by atoms with Crippen molar-refractivity contribution in [1.82, 2.24) is 25.0 Å². The van der Waals surface area contributed by atoms with E-state index in [-0.39, 0.29) is 23.7 Å². The van der Waals surface area contributed by atoms with E-state index in [1.807, 2.05) is 13.0 Å². The Morgan fingerprint density at radius 2 is 2.10 bits per heavy atom. The molecule has 0 aliphatic carbocycles. The molecule has 1 N–H and O–H groups in total. The van der Waals surface area contributed by atoms with E-state index >= 15 is 0 Å². The fourth-order valence-corrected chi connectivity index (χ4v) is 4.12. The number of benzene rings is 1. The molecule has 0 unspecified atom stereocenters. The summed E-state index contributed by atoms with van der Waals surface area (Å²) in [6.07, 6.45) is 2.32. The van der Waals surface area contributed by atoms with Crippen LogP contribution < -0.4 is 5.32 Å². The number of fused-ring (bicyclic) bond motifs is 1. The van der Waals surface area contributed by atoms with Gasteiger partial charge in [0.15, 0.2) is 5.82 Å². The first-order valence-corrected chi connectivity index (χ1v) is 10.4. The van der Waals surface area contributed by atoms with Gasteiger partial charge in [-0.2, -0.15) is 0 Å². The molecule has 7 nitrogen and oxygen atoms in total. The number of nitrogens with one attached hydrogen (secondary N) is 1. The molecular formula is C21H28FN5O2. The lowest BCUT2D eigenvalue weighted by molar-refractivity contribution is -0.128. The Morgan fingerprint density at radius 3 is 2.90 bits per heavy atom. The second kappa shape index (κ2) is 9.00. The SMILES string of the molecule is C[C@H](NC(=O)C1CCOCC1)c1nnc2n1CCN(Cc1cccc(F)c1)CC2. The smallest absolute Gasteiger partial charge is 0.223 e. The fraction of sp³-hybridized carbons (Fsp3) is 0.571. The zero-order chi connectivity index (χ0) is 20.2. The number of carbonyl (C=O) groups is 1. The number of ether oxygens (including phenoxy) is 1. The summed E-state index contributed by atoms with van der Waals surface area (Å²) in [5, 5.41) is 11.8. The summed E-state index contributed by atoms with van der Waals surface area (Å²) >= 11 is 0. The highest BCUT2D eigenvalue weighted by atomic mass is 19.1. The molecule has 156 valence electrons. The lowest BCUT2D eigenvalue weighted by Crippen LogP contribution is -2.36. The predicted molar refractivity (Wildman–Crippen MR) is 106 cm³/mol. The van der Waals surface area contributed by atoms with Gasteiger partial charge in [-0.1, -0.05) is 12.1 Å². The molecule has 4 rings (SSSR count). The topological polar surface area (TPSA) is 72.3 Å². The zero-order valence-electron chi connectivity index (χ0n) is 16.8. The average Bonchev–Trinajstić information content (AvgIpc) is 3.03. The Kier molecular flexibility index (Phi) is 6.20. The standard InChI is InChI=1S/C21H28FN5O2/c1-15(23-21(28)17-6-11-29-12-7-17)20-25-24-19-5-8-26(9-10-27(19)20)14-16-3-2-4-18(22)13-16/h2-4,13,15,17H,5-12,14H2,1H3,(H,23,28)/t15-/m0/s1. The summed E-state index contributed by atoms with van der Waals surface area (Å²) in [6.45, 7) is 6.39. The maximum absolute atomic E-state index is 13.5. The predicted octanol–water partition coefficient (Wildman–Crippen LogP) is 2.08. The van der Waals surface area contributed by atoms with E-state index in [9.17, 15) is 9.18 Å². The van der Waals surface area contributed by atoms with Crippen molar-refractivity contribution in [2.75, 3.05) is 26.3 Å². The Bertz CT molecular complexity index is 849. The first-order chi connectivity index (χ1) is 14.1. The molecule has 0 radical (unpaired) electrons. The Labute approximate surface area is 170 Å². The van der Waals surface area contributed by atoms with Crippen molar-refractivity contribution in [2.24, 2.45) is 5.92 Å². The third-order valence-electron chi connectivity index (χ3n) is 5.78. The van der Waals surface area contributed by atoms with E-state index in [1.54, 1.807) is 12.1 Å². The van der Waals surface area contributed by atoms with E-state index in [1.165, 1.54) is 6.07 Å². The number of nitrogens with zero attached hydrogens (tertiary/aromatic N) is 4. The summed E-state index contributed by atoms with van der Waals surface area (Å²) in [6, 6.07) is 6.56. The monoisotopic (exact) mass is 401 g/mol. The van der Waals surface area contributed by atoms with Gasteiger partial charge in [0.05, 0.1) is 6.04 Å². The van der Waals surface area contributed by atoms with Gasteiger partial charge >= 0.3 is 0 Å². The van der Waals surface area contributed by atoms with Crippen LogP contribution in [0.5, 0.6) is 0 Å². The highest BCUT2D eigenvalue weighted by Gasteiger charge is 2.26. The van der Waals surface area contributed by atoms with Crippen molar-refractivity contribution in [3.63, 3.8) is 0 Å². The van der Waals surface area contributed by atoms with Crippen LogP contribution in [0.25, 0.3) is 0 Å². The van der Waals surface area contributed by atoms with E-state index in [4.69, 9.17) is 4.74 Å². The lowest BCUT2D eigenvalue weighted by Gasteiger charge is -2.23. The second-order valence-corrected chi connectivity index (χ2v) is 7.90. The molecule has 3 heterocycles. The maximum Gasteiger partial charge on any atom is 0.223 e. The minimum atomic E-state index is -0.203. The van der Waals surface area contributed by atoms with Crippen LogP contribution in [-0.2, 0) is 29.0 Å². The van der Waals surface area contributed by atoms with Crippen molar-refractivity contribution in [1.29, 1.82) is 0 Å². The third-order valence-corrected chi connectivity index (χ3v) is 5.78. The van der Waals surface area contributed by atoms with Gasteiger partial charge in [0.25, 0.3) is 0 Å². The van der Waals surface area contributed by atoms with Gasteiger partial charge < -0.3 is 14.6 Å². The Balaban J connectivity index is 1.38. The zero-order valence-corrected chi connectivity index (χ0v) is 16.8. The largest absolute Gasteiger partial charge is 0.381 e. The van der Waals surface area contributed by atoms with Crippen LogP contribution in [0.4, 0.5) is 4.39 Å². The fourth-order valence-electron chi connectivity index (χ4n) is 4.12. The number of halogens is 1. The quantitative estimate of drug-likeness (QED) is 0.831. The summed E-state index contributed by atoms with van der Waals surface area (Å²) in [4.78, 5) is 14.9. The minimum absolute atomic E-state index is 0.0134. The van der Waals surface area contributed by atoms with Crippen LogP contribution >= 0.6 is 0 Å². The molecule has 0 bridgehead atoms. The summed E-state index contributed by atoms with van der Waals surface area (Å²) in [5.41, 5.74) is 0.972. The average molecular weight is 401 g/mol. The number of amides is 1. The van der Waals surface area contributed by atoms with Gasteiger partial charge in [0.1, 0.15) is 11.6 Å². The molecule has 1 fully saturated rings. The molecule has 8 heteroatoms. The van der Waals surface area contributed by atoms with Crippen LogP contribution in [0.1, 0.15) is 43.0 Å². The normalized spacial score (nSPS) is 19.4. The summed E-state index contributed by atoms with van der Waals surface area (Å²) < 4.78 is 20.9. The summed E-state index contributed by atoms with van der Waals surface area (Å²) in [5.74, 6) is 1.62. The highest BCUT2D eigenvalue weighted by molar-refractivity contribution is 5.79. The van der Waals surface area contributed by atoms with Gasteiger partial charge in [0, 0.05) is 51.7 Å². The van der Waals surface area contributed by atoms with Gasteiger partial charge in [-0.15, -0.1) is 10.2 Å². The molecule has 0 saturated carbocycles. The van der Waals surface area contributed by atoms with E-state index in [0.29, 0.717) is 19.8 Å². The van der Waals surface area contributed by atoms with Crippen molar-refractivity contribution < 1.29 is 13.9 Å². The van der Waals surface area contributed by atoms with Crippen LogP contribution in [0.15, 0.2) is 24.3 Å². The van der Waals surface area contributed by atoms with Gasteiger partial charge in [-0.3, -0.25) is 9.69 Å². The number of carbonyl (C=O) groups excluding carboxylic acids is 1. The number of hydrogen-bond acceptors (Lipinski definition) is 5. The van der Waals surface area contributed by atoms with Crippen LogP contribution in [0.3, 0.4) is 0 Å². The lowest BCUT2D eigenvalue weighted by atomic mass is 9.99. The van der Waals surface area contributed by atoms with Crippen LogP contribution in [-0.4, -0.2) is 51.9 Å². The molecule has 29 heavy (non-hydrogen) atoms. The second-order valence-electron chi connectivity index (χ2n) is 7.90. The van der Waals surface area contributed by atoms with Crippen LogP contribution in [0, 0.1) is 11.7 Å². The van der Waals surface area contributed by atoms with E-state index in [2.05, 4.69) is 25.0 Å². The molecule has 1 aromatic carbocycles. The van der Waals surface area contributed by atoms with Crippen molar-refractivity contribution in [3.8, 4) is 0 Å². The number of hydrogen-bond donors (Lipinski definition) is 1. The number of aromatic nitrogens is 3. The maximum atomic E-state index is 13.5. The molecule has 1 atom stereocenters. The Hall–Kier alpha value is -2.32. The van der Waals surface area contributed by atoms with Crippen molar-refractivity contribution in [3.05, 3.63) is 47.3 Å². The minimum Gasteiger partial charge on any atom is -0.381 e. The molecular weight excluding hydrogens is 373 g/mol. The third kappa shape index (κ3) is 4.82. The van der Waals surface area contributed by atoms with Crippen molar-refractivity contribution in [2.45, 2.75) is 45.3 Å². The van der Waals surface area contributed by atoms with Gasteiger partial charge in [0.2, 0.25) is 5.91 Å². The molecule has 0 spiro atoms. The van der Waals surface area contributed by atoms with Crippen molar-refractivity contribution >= 4 is 5.91 Å². The highest BCUT2D eigenvalue weighted by Crippen LogP contribution is 2.20. The number of rotatable bonds is 5. The van der Waals surface area contributed by atoms with E-state index in [0.717, 1.165) is 56.1 Å². The summed E-state index contributed by atoms with van der Waals surface area (Å²) in [7, 11) is 0.